The van der Waals surface area contributed by atoms with E-state index in [0.717, 1.165) is 31.4 Å². The quantitative estimate of drug-likeness (QED) is 0.910. The van der Waals surface area contributed by atoms with Gasteiger partial charge in [-0.25, -0.2) is 0 Å². The zero-order chi connectivity index (χ0) is 14.9. The van der Waals surface area contributed by atoms with E-state index in [9.17, 15) is 4.79 Å². The molecular formula is C19H20N2O. The third-order valence-corrected chi connectivity index (χ3v) is 4.74. The smallest absolute Gasteiger partial charge is 0.156 e. The number of aliphatic imine (C=N–C) groups is 1. The van der Waals surface area contributed by atoms with Crippen molar-refractivity contribution in [1.82, 2.24) is 5.32 Å². The lowest BCUT2D eigenvalue weighted by Gasteiger charge is -2.34. The Bertz CT molecular complexity index is 685. The zero-order valence-corrected chi connectivity index (χ0v) is 12.6. The molecule has 1 saturated heterocycles. The summed E-state index contributed by atoms with van der Waals surface area (Å²) in [6.07, 6.45) is 7.49. The molecule has 1 aliphatic carbocycles. The number of dihydropyridines is 1. The first-order valence-corrected chi connectivity index (χ1v) is 8.10. The molecule has 2 atom stereocenters. The maximum absolute atomic E-state index is 11.6. The highest BCUT2D eigenvalue weighted by atomic mass is 16.1. The molecule has 1 N–H and O–H groups in total. The van der Waals surface area contributed by atoms with Crippen LogP contribution in [-0.4, -0.2) is 30.1 Å². The standard InChI is InChI=1S/C19H20N2O/c22-16-6-7-17-15(12-16)11-14-8-9-20-18(19(14)21-17)10-13-4-2-1-3-5-13/h1-5,11-12,17-18,20H,6-10H2. The number of hydrogen-bond donors (Lipinski definition) is 1. The highest BCUT2D eigenvalue weighted by molar-refractivity contribution is 6.07. The molecule has 0 bridgehead atoms. The van der Waals surface area contributed by atoms with E-state index >= 15 is 0 Å². The van der Waals surface area contributed by atoms with E-state index in [1.807, 2.05) is 0 Å². The second kappa shape index (κ2) is 5.65. The third-order valence-electron chi connectivity index (χ3n) is 4.74. The van der Waals surface area contributed by atoms with Gasteiger partial charge in [-0.15, -0.1) is 0 Å². The molecule has 22 heavy (non-hydrogen) atoms. The normalized spacial score (nSPS) is 27.3. The van der Waals surface area contributed by atoms with Gasteiger partial charge in [0.25, 0.3) is 0 Å². The fraction of sp³-hybridized carbons (Fsp3) is 0.368. The SMILES string of the molecule is O=C1C=C2C=C3CCNC(Cc4ccccc4)C3=NC2CC1. The molecule has 0 spiro atoms. The number of allylic oxidation sites excluding steroid dienone is 1. The molecule has 1 aromatic carbocycles. The minimum absolute atomic E-state index is 0.189. The van der Waals surface area contributed by atoms with E-state index in [4.69, 9.17) is 4.99 Å². The number of carbonyl (C=O) groups is 1. The van der Waals surface area contributed by atoms with Crippen LogP contribution in [0.5, 0.6) is 0 Å². The summed E-state index contributed by atoms with van der Waals surface area (Å²) in [6.45, 7) is 0.980. The maximum atomic E-state index is 11.6. The van der Waals surface area contributed by atoms with Gasteiger partial charge in [0.05, 0.1) is 17.8 Å². The van der Waals surface area contributed by atoms with Gasteiger partial charge in [-0.1, -0.05) is 36.4 Å². The Morgan fingerprint density at radius 2 is 2.00 bits per heavy atom. The summed E-state index contributed by atoms with van der Waals surface area (Å²) in [6, 6.07) is 11.1. The van der Waals surface area contributed by atoms with Gasteiger partial charge in [0.2, 0.25) is 0 Å². The van der Waals surface area contributed by atoms with E-state index in [1.165, 1.54) is 16.8 Å². The largest absolute Gasteiger partial charge is 0.308 e. The summed E-state index contributed by atoms with van der Waals surface area (Å²) in [5.41, 5.74) is 4.99. The van der Waals surface area contributed by atoms with Crippen LogP contribution in [-0.2, 0) is 11.2 Å². The van der Waals surface area contributed by atoms with Gasteiger partial charge in [-0.2, -0.15) is 0 Å². The van der Waals surface area contributed by atoms with Crippen molar-refractivity contribution in [1.29, 1.82) is 0 Å². The summed E-state index contributed by atoms with van der Waals surface area (Å²) in [4.78, 5) is 16.6. The summed E-state index contributed by atoms with van der Waals surface area (Å²) in [7, 11) is 0. The first-order valence-electron chi connectivity index (χ1n) is 8.10. The molecule has 2 aliphatic heterocycles. The second-order valence-corrected chi connectivity index (χ2v) is 6.30. The van der Waals surface area contributed by atoms with Crippen molar-refractivity contribution in [2.45, 2.75) is 37.8 Å². The first kappa shape index (κ1) is 13.6. The van der Waals surface area contributed by atoms with Crippen molar-refractivity contribution in [3.8, 4) is 0 Å². The maximum Gasteiger partial charge on any atom is 0.156 e. The van der Waals surface area contributed by atoms with Crippen molar-refractivity contribution in [3.05, 3.63) is 59.2 Å². The van der Waals surface area contributed by atoms with Gasteiger partial charge in [0, 0.05) is 6.42 Å². The number of nitrogens with zero attached hydrogens (tertiary/aromatic N) is 1. The first-order chi connectivity index (χ1) is 10.8. The minimum atomic E-state index is 0.189. The number of carbonyl (C=O) groups excluding carboxylic acids is 1. The van der Waals surface area contributed by atoms with Gasteiger partial charge < -0.3 is 5.32 Å². The Kier molecular flexibility index (Phi) is 3.51. The minimum Gasteiger partial charge on any atom is -0.308 e. The van der Waals surface area contributed by atoms with E-state index in [1.54, 1.807) is 6.08 Å². The highest BCUT2D eigenvalue weighted by Crippen LogP contribution is 2.30. The average molecular weight is 292 g/mol. The highest BCUT2D eigenvalue weighted by Gasteiger charge is 2.31. The summed E-state index contributed by atoms with van der Waals surface area (Å²) >= 11 is 0. The molecule has 1 fully saturated rings. The summed E-state index contributed by atoms with van der Waals surface area (Å²) < 4.78 is 0. The van der Waals surface area contributed by atoms with Crippen LogP contribution in [0, 0.1) is 0 Å². The predicted molar refractivity (Wildman–Crippen MR) is 88.2 cm³/mol. The molecule has 4 rings (SSSR count). The van der Waals surface area contributed by atoms with E-state index < -0.39 is 0 Å². The van der Waals surface area contributed by atoms with Crippen LogP contribution in [0.25, 0.3) is 0 Å². The molecule has 0 aromatic heterocycles. The molecule has 0 amide bonds. The van der Waals surface area contributed by atoms with Crippen molar-refractivity contribution < 1.29 is 4.79 Å². The number of ketones is 1. The lowest BCUT2D eigenvalue weighted by molar-refractivity contribution is -0.115. The van der Waals surface area contributed by atoms with Crippen LogP contribution in [0.3, 0.4) is 0 Å². The Balaban J connectivity index is 1.62. The molecule has 3 nitrogen and oxygen atoms in total. The molecular weight excluding hydrogens is 272 g/mol. The van der Waals surface area contributed by atoms with E-state index in [2.05, 4.69) is 41.7 Å². The Morgan fingerprint density at radius 1 is 1.14 bits per heavy atom. The van der Waals surface area contributed by atoms with Crippen LogP contribution in [0.15, 0.2) is 58.6 Å². The van der Waals surface area contributed by atoms with Crippen molar-refractivity contribution in [2.75, 3.05) is 6.54 Å². The molecule has 0 saturated carbocycles. The fourth-order valence-corrected chi connectivity index (χ4v) is 3.61. The Morgan fingerprint density at radius 3 is 2.86 bits per heavy atom. The van der Waals surface area contributed by atoms with Gasteiger partial charge in [0.1, 0.15) is 0 Å². The van der Waals surface area contributed by atoms with Crippen LogP contribution in [0.4, 0.5) is 0 Å². The summed E-state index contributed by atoms with van der Waals surface area (Å²) in [5, 5.41) is 3.61. The summed E-state index contributed by atoms with van der Waals surface area (Å²) in [5.74, 6) is 0.247. The van der Waals surface area contributed by atoms with Gasteiger partial charge in [-0.3, -0.25) is 9.79 Å². The third kappa shape index (κ3) is 2.57. The Hall–Kier alpha value is -2.00. The molecule has 3 heteroatoms. The van der Waals surface area contributed by atoms with E-state index in [-0.39, 0.29) is 11.8 Å². The van der Waals surface area contributed by atoms with Crippen LogP contribution in [0.1, 0.15) is 24.8 Å². The van der Waals surface area contributed by atoms with Crippen molar-refractivity contribution in [2.24, 2.45) is 4.99 Å². The van der Waals surface area contributed by atoms with Crippen LogP contribution < -0.4 is 5.32 Å². The predicted octanol–water partition coefficient (Wildman–Crippen LogP) is 2.63. The molecule has 112 valence electrons. The molecule has 2 unspecified atom stereocenters. The van der Waals surface area contributed by atoms with Crippen molar-refractivity contribution in [3.63, 3.8) is 0 Å². The van der Waals surface area contributed by atoms with Gasteiger partial charge >= 0.3 is 0 Å². The zero-order valence-electron chi connectivity index (χ0n) is 12.6. The van der Waals surface area contributed by atoms with Crippen molar-refractivity contribution >= 4 is 11.5 Å². The number of piperidine rings is 1. The Labute approximate surface area is 130 Å². The topological polar surface area (TPSA) is 41.5 Å². The molecule has 1 aromatic rings. The number of nitrogens with one attached hydrogen (secondary N) is 1. The molecule has 0 radical (unpaired) electrons. The number of fused-ring (bicyclic) bond motifs is 2. The van der Waals surface area contributed by atoms with E-state index in [0.29, 0.717) is 12.5 Å². The molecule has 3 aliphatic rings. The van der Waals surface area contributed by atoms with Crippen LogP contribution >= 0.6 is 0 Å². The molecule has 2 heterocycles. The number of hydrogen-bond acceptors (Lipinski definition) is 3. The average Bonchev–Trinajstić information content (AvgIpc) is 2.54. The van der Waals surface area contributed by atoms with Crippen LogP contribution in [0.2, 0.25) is 0 Å². The number of rotatable bonds is 2. The number of benzene rings is 1. The lowest BCUT2D eigenvalue weighted by atomic mass is 9.83. The van der Waals surface area contributed by atoms with Gasteiger partial charge in [-0.05, 0) is 48.6 Å². The monoisotopic (exact) mass is 292 g/mol. The van der Waals surface area contributed by atoms with Gasteiger partial charge in [0.15, 0.2) is 5.78 Å². The second-order valence-electron chi connectivity index (χ2n) is 6.30. The fourth-order valence-electron chi connectivity index (χ4n) is 3.61. The lowest BCUT2D eigenvalue weighted by Crippen LogP contribution is -2.46.